The Bertz CT molecular complexity index is 7660. The molecule has 0 saturated carbocycles. The monoisotopic (exact) mass is 1560 g/mol. The van der Waals surface area contributed by atoms with Gasteiger partial charge in [0, 0.05) is 93.3 Å². The first kappa shape index (κ1) is 70.1. The molecule has 0 spiro atoms. The topological polar surface area (TPSA) is 134 Å². The fourth-order valence-corrected chi connectivity index (χ4v) is 17.7. The van der Waals surface area contributed by atoms with Crippen LogP contribution in [0.15, 0.2) is 394 Å². The summed E-state index contributed by atoms with van der Waals surface area (Å²) in [7, 11) is 0. The molecule has 7 aromatic heterocycles. The van der Waals surface area contributed by atoms with Gasteiger partial charge in [-0.2, -0.15) is 17.5 Å². The maximum atomic E-state index is 5.28. The number of rotatable bonds is 13. The molecule has 0 amide bonds. The Morgan fingerprint density at radius 2 is 0.504 bits per heavy atom. The van der Waals surface area contributed by atoms with Gasteiger partial charge in [0.2, 0.25) is 0 Å². The number of hydrogen-bond acceptors (Lipinski definition) is 12. The Balaban J connectivity index is 0.000000143. The van der Waals surface area contributed by atoms with Crippen LogP contribution in [0.1, 0.15) is 0 Å². The van der Waals surface area contributed by atoms with Crippen LogP contribution < -0.4 is 0 Å². The highest BCUT2D eigenvalue weighted by Crippen LogP contribution is 2.43. The maximum Gasteiger partial charge on any atom is 0.160 e. The lowest BCUT2D eigenvalue weighted by Gasteiger charge is -2.13. The lowest BCUT2D eigenvalue weighted by molar-refractivity contribution is 1.17. The van der Waals surface area contributed by atoms with Crippen molar-refractivity contribution in [2.75, 3.05) is 0 Å². The van der Waals surface area contributed by atoms with Crippen LogP contribution in [0.4, 0.5) is 0 Å². The second-order valence-corrected chi connectivity index (χ2v) is 30.7. The van der Waals surface area contributed by atoms with Crippen molar-refractivity contribution in [3.8, 4) is 141 Å². The van der Waals surface area contributed by atoms with Gasteiger partial charge in [-0.1, -0.05) is 309 Å². The highest BCUT2D eigenvalue weighted by atomic mass is 32.1. The van der Waals surface area contributed by atoms with E-state index in [1.165, 1.54) is 45.3 Å². The molecular weight excluding hydrogens is 1490 g/mol. The summed E-state index contributed by atoms with van der Waals surface area (Å²) in [5, 5.41) is 8.93. The molecule has 0 N–H and O–H groups in total. The summed E-state index contributed by atoms with van der Waals surface area (Å²) in [6.07, 6.45) is 0. The second kappa shape index (κ2) is 30.0. The Hall–Kier alpha value is -15.5. The normalized spacial score (nSPS) is 11.5. The summed E-state index contributed by atoms with van der Waals surface area (Å²) in [5.41, 5.74) is 31.3. The van der Waals surface area contributed by atoms with Crippen molar-refractivity contribution < 1.29 is 0 Å². The van der Waals surface area contributed by atoms with E-state index in [1.54, 1.807) is 0 Å². The van der Waals surface area contributed by atoms with E-state index >= 15 is 0 Å². The van der Waals surface area contributed by atoms with Crippen LogP contribution in [0.5, 0.6) is 0 Å². The smallest absolute Gasteiger partial charge is 0.160 e. The third-order valence-electron chi connectivity index (χ3n) is 22.5. The first-order valence-electron chi connectivity index (χ1n) is 39.5. The second-order valence-electron chi connectivity index (χ2n) is 29.6. The molecule has 0 aliphatic heterocycles. The molecule has 0 fully saturated rings. The Morgan fingerprint density at radius 3 is 0.958 bits per heavy atom. The van der Waals surface area contributed by atoms with Crippen LogP contribution in [0.2, 0.25) is 0 Å². The van der Waals surface area contributed by atoms with Gasteiger partial charge in [-0.3, -0.25) is 0 Å². The minimum atomic E-state index is 0.677. The third-order valence-corrected chi connectivity index (χ3v) is 23.6. The molecule has 0 aliphatic carbocycles. The quantitative estimate of drug-likeness (QED) is 0.103. The van der Waals surface area contributed by atoms with Crippen molar-refractivity contribution in [2.24, 2.45) is 0 Å². The molecule has 7 heterocycles. The van der Waals surface area contributed by atoms with Crippen molar-refractivity contribution in [2.45, 2.75) is 0 Å². The molecule has 0 bridgehead atoms. The zero-order valence-electron chi connectivity index (χ0n) is 63.8. The summed E-state index contributed by atoms with van der Waals surface area (Å²) >= 11 is 2.49. The Morgan fingerprint density at radius 1 is 0.185 bits per heavy atom. The average Bonchev–Trinajstić information content (AvgIpc) is 1.21. The van der Waals surface area contributed by atoms with E-state index in [0.29, 0.717) is 11.6 Å². The van der Waals surface area contributed by atoms with Gasteiger partial charge < -0.3 is 4.57 Å². The molecule has 0 unspecified atom stereocenters. The van der Waals surface area contributed by atoms with Gasteiger partial charge in [0.15, 0.2) is 11.6 Å². The molecule has 23 aromatic rings. The predicted molar refractivity (Wildman–Crippen MR) is 491 cm³/mol. The van der Waals surface area contributed by atoms with Gasteiger partial charge in [0.1, 0.15) is 22.1 Å². The van der Waals surface area contributed by atoms with Gasteiger partial charge in [-0.05, 0) is 129 Å². The van der Waals surface area contributed by atoms with Gasteiger partial charge >= 0.3 is 0 Å². The number of benzene rings is 16. The molecular formula is C106H65N11S2. The van der Waals surface area contributed by atoms with Crippen LogP contribution in [0.25, 0.3) is 228 Å². The SMILES string of the molecule is c1ccc(-c2cccc(-c3cc(-c4ccc(-c5ccc6c(c5)nc(-c5ccccc5)c5ccc7nsnc7c56)cc4)nc(-c4cccc(-c5ccccc5)c4)n3)c2)cc1.c1ccc(-c2nc(-c3ccc(-c4ccc5c(c4)nc(-c4ccccc4)c4ccc6nsnc6c45)cc3)cc(-c3ccc(-n4c5ccccc5c5ccccc54)cc3)n2)cc1. The van der Waals surface area contributed by atoms with Crippen LogP contribution in [-0.2, 0) is 0 Å². The van der Waals surface area contributed by atoms with Crippen LogP contribution >= 0.6 is 23.5 Å². The van der Waals surface area contributed by atoms with E-state index in [9.17, 15) is 0 Å². The van der Waals surface area contributed by atoms with E-state index in [4.69, 9.17) is 38.7 Å². The number of hydrogen-bond donors (Lipinski definition) is 0. The first-order valence-corrected chi connectivity index (χ1v) is 41.0. The van der Waals surface area contributed by atoms with Gasteiger partial charge in [-0.15, -0.1) is 0 Å². The minimum absolute atomic E-state index is 0.677. The molecule has 0 aliphatic rings. The number of fused-ring (bicyclic) bond motifs is 13. The highest BCUT2D eigenvalue weighted by molar-refractivity contribution is 7.00. The molecule has 556 valence electrons. The summed E-state index contributed by atoms with van der Waals surface area (Å²) < 4.78 is 20.9. The van der Waals surface area contributed by atoms with Crippen LogP contribution in [0, 0.1) is 0 Å². The minimum Gasteiger partial charge on any atom is -0.309 e. The molecule has 0 radical (unpaired) electrons. The lowest BCUT2D eigenvalue weighted by atomic mass is 9.96. The molecule has 16 aromatic carbocycles. The molecule has 119 heavy (non-hydrogen) atoms. The van der Waals surface area contributed by atoms with E-state index in [1.807, 2.05) is 54.6 Å². The van der Waals surface area contributed by atoms with Crippen molar-refractivity contribution in [3.05, 3.63) is 394 Å². The zero-order valence-corrected chi connectivity index (χ0v) is 65.4. The van der Waals surface area contributed by atoms with Crippen LogP contribution in [-0.4, -0.2) is 52.0 Å². The molecule has 13 heteroatoms. The van der Waals surface area contributed by atoms with Crippen molar-refractivity contribution in [1.29, 1.82) is 0 Å². The third kappa shape index (κ3) is 13.1. The molecule has 0 atom stereocenters. The summed E-state index contributed by atoms with van der Waals surface area (Å²) in [6, 6.07) is 138. The summed E-state index contributed by atoms with van der Waals surface area (Å²) in [6.45, 7) is 0. The van der Waals surface area contributed by atoms with Crippen molar-refractivity contribution in [1.82, 2.24) is 52.0 Å². The van der Waals surface area contributed by atoms with Crippen molar-refractivity contribution >= 4 is 111 Å². The van der Waals surface area contributed by atoms with E-state index < -0.39 is 0 Å². The van der Waals surface area contributed by atoms with E-state index in [0.717, 1.165) is 194 Å². The maximum absolute atomic E-state index is 5.28. The number of pyridine rings is 2. The summed E-state index contributed by atoms with van der Waals surface area (Å²) in [4.78, 5) is 31.2. The lowest BCUT2D eigenvalue weighted by Crippen LogP contribution is -1.97. The molecule has 0 saturated heterocycles. The van der Waals surface area contributed by atoms with Crippen LogP contribution in [0.3, 0.4) is 0 Å². The van der Waals surface area contributed by atoms with Crippen molar-refractivity contribution in [3.63, 3.8) is 0 Å². The Kier molecular flexibility index (Phi) is 17.7. The first-order chi connectivity index (χ1) is 58.9. The molecule has 23 rings (SSSR count). The van der Waals surface area contributed by atoms with Gasteiger partial charge in [-0.25, -0.2) is 29.9 Å². The Labute approximate surface area is 692 Å². The number of para-hydroxylation sites is 2. The van der Waals surface area contributed by atoms with Gasteiger partial charge in [0.25, 0.3) is 0 Å². The number of nitrogens with zero attached hydrogens (tertiary/aromatic N) is 11. The fraction of sp³-hybridized carbons (Fsp3) is 0. The van der Waals surface area contributed by atoms with E-state index in [2.05, 4.69) is 353 Å². The summed E-state index contributed by atoms with van der Waals surface area (Å²) in [5.74, 6) is 1.36. The number of aromatic nitrogens is 11. The largest absolute Gasteiger partial charge is 0.309 e. The predicted octanol–water partition coefficient (Wildman–Crippen LogP) is 27.5. The average molecular weight is 1560 g/mol. The highest BCUT2D eigenvalue weighted by Gasteiger charge is 2.22. The standard InChI is InChI=1S/C53H32N6S.C53H33N5S/c1-3-11-36(12-4-1)51-43-29-30-44-52(58-60-57-44)50(43)42-28-25-38(31-47(42)54-51)33-19-21-34(22-20-33)45-32-46(56-53(55-45)37-13-5-2-6-14-37)35-23-26-39(27-24-35)59-48-17-9-7-15-40(48)41-16-8-10-18-49(41)59;1-4-12-34(13-5-1)39-18-10-20-42(30-39)48-33-47(55-53(56-48)43-21-11-19-40(31-43)35-14-6-2-7-15-35)37-24-22-36(23-25-37)41-26-27-44-49(32-41)54-51(38-16-8-3-9-17-38)45-28-29-46-52(50(44)45)58-59-57-46/h1-32H;1-33H. The zero-order chi connectivity index (χ0) is 78.7. The fourth-order valence-electron chi connectivity index (χ4n) is 16.6. The molecule has 11 nitrogen and oxygen atoms in total. The van der Waals surface area contributed by atoms with E-state index in [-0.39, 0.29) is 0 Å². The van der Waals surface area contributed by atoms with Gasteiger partial charge in [0.05, 0.1) is 79.7 Å².